The van der Waals surface area contributed by atoms with E-state index >= 15 is 4.39 Å². The summed E-state index contributed by atoms with van der Waals surface area (Å²) in [4.78, 5) is 23.1. The van der Waals surface area contributed by atoms with Crippen molar-refractivity contribution in [2.45, 2.75) is 49.9 Å². The van der Waals surface area contributed by atoms with E-state index in [-0.39, 0.29) is 23.1 Å². The summed E-state index contributed by atoms with van der Waals surface area (Å²) in [7, 11) is 3.37. The Kier molecular flexibility index (Phi) is 13.4. The molecule has 0 aliphatic heterocycles. The Morgan fingerprint density at radius 3 is 2.26 bits per heavy atom. The molecule has 1 fully saturated rings. The van der Waals surface area contributed by atoms with E-state index in [1.807, 2.05) is 30.3 Å². The molecule has 1 amide bonds. The van der Waals surface area contributed by atoms with Gasteiger partial charge in [-0.15, -0.1) is 0 Å². The molecule has 13 heteroatoms. The number of carbonyl (C=O) groups is 2. The Morgan fingerprint density at radius 1 is 1.07 bits per heavy atom. The number of alkyl halides is 3. The summed E-state index contributed by atoms with van der Waals surface area (Å²) in [5.41, 5.74) is 14.9. The molecule has 3 aromatic carbocycles. The Hall–Kier alpha value is -3.71. The lowest BCUT2D eigenvalue weighted by Gasteiger charge is -2.29. The smallest absolute Gasteiger partial charge is 0.475 e. The predicted molar refractivity (Wildman–Crippen MR) is 171 cm³/mol. The standard InChI is InChI=1S/C31H38ClFN4O2.C2HF3O2/c1-37(16-17-39-2)28-15-13-24(31(35)38)29(30(28)33)25-18-21(8-14-27(25)32)26(20-6-4-3-5-7-20)19-36-23-11-9-22(34)10-12-23;3-2(4,5)1(6)7/h3-8,13-15,18,22-23,26,36H,9-12,16-17,19,34H2,1-2H3,(H2,35,38);(H,6,7). The Morgan fingerprint density at radius 2 is 1.70 bits per heavy atom. The molecule has 6 N–H and O–H groups in total. The number of hydrogen-bond donors (Lipinski definition) is 4. The van der Waals surface area contributed by atoms with Crippen molar-refractivity contribution >= 4 is 29.2 Å². The number of benzene rings is 3. The van der Waals surface area contributed by atoms with Gasteiger partial charge in [0, 0.05) is 61.4 Å². The van der Waals surface area contributed by atoms with E-state index < -0.39 is 23.9 Å². The maximum atomic E-state index is 16.1. The number of carboxylic acids is 1. The van der Waals surface area contributed by atoms with E-state index in [1.165, 1.54) is 0 Å². The predicted octanol–water partition coefficient (Wildman–Crippen LogP) is 5.95. The van der Waals surface area contributed by atoms with Crippen LogP contribution in [0.5, 0.6) is 0 Å². The molecule has 8 nitrogen and oxygen atoms in total. The van der Waals surface area contributed by atoms with Crippen LogP contribution in [0.15, 0.2) is 60.7 Å². The molecule has 1 aliphatic rings. The number of anilines is 1. The first-order chi connectivity index (χ1) is 21.7. The minimum absolute atomic E-state index is 0.00883. The molecule has 250 valence electrons. The van der Waals surface area contributed by atoms with Crippen LogP contribution in [-0.2, 0) is 9.53 Å². The first-order valence-corrected chi connectivity index (χ1v) is 15.1. The van der Waals surface area contributed by atoms with Gasteiger partial charge in [-0.2, -0.15) is 13.2 Å². The SMILES string of the molecule is COCCN(C)c1ccc(C(N)=O)c(-c2cc(C(CNC3CCC(N)CC3)c3ccccc3)ccc2Cl)c1F.O=C(O)C(F)(F)F. The lowest BCUT2D eigenvalue weighted by molar-refractivity contribution is -0.192. The van der Waals surface area contributed by atoms with E-state index in [4.69, 9.17) is 37.7 Å². The molecular formula is C33H39ClF4N4O4. The van der Waals surface area contributed by atoms with Gasteiger partial charge in [-0.1, -0.05) is 48.0 Å². The fourth-order valence-electron chi connectivity index (χ4n) is 5.35. The van der Waals surface area contributed by atoms with Gasteiger partial charge in [0.2, 0.25) is 5.91 Å². The lowest BCUT2D eigenvalue weighted by atomic mass is 9.87. The molecule has 4 rings (SSSR count). The Balaban J connectivity index is 0.000000738. The first-order valence-electron chi connectivity index (χ1n) is 14.7. The number of methoxy groups -OCH3 is 1. The monoisotopic (exact) mass is 666 g/mol. The zero-order valence-corrected chi connectivity index (χ0v) is 26.4. The third-order valence-electron chi connectivity index (χ3n) is 7.92. The summed E-state index contributed by atoms with van der Waals surface area (Å²) in [5, 5.41) is 11.2. The molecule has 0 saturated heterocycles. The zero-order valence-electron chi connectivity index (χ0n) is 25.6. The number of rotatable bonds is 11. The summed E-state index contributed by atoms with van der Waals surface area (Å²) in [5.74, 6) is -4.02. The molecule has 0 spiro atoms. The van der Waals surface area contributed by atoms with Crippen LogP contribution in [0.3, 0.4) is 0 Å². The van der Waals surface area contributed by atoms with Crippen molar-refractivity contribution < 1.29 is 37.0 Å². The molecule has 1 unspecified atom stereocenters. The molecule has 1 saturated carbocycles. The molecule has 0 aromatic heterocycles. The summed E-state index contributed by atoms with van der Waals surface area (Å²) in [6.45, 7) is 1.61. The number of halogens is 5. The highest BCUT2D eigenvalue weighted by Gasteiger charge is 2.38. The second-order valence-corrected chi connectivity index (χ2v) is 11.5. The minimum atomic E-state index is -5.08. The topological polar surface area (TPSA) is 131 Å². The van der Waals surface area contributed by atoms with Gasteiger partial charge in [0.15, 0.2) is 5.82 Å². The maximum Gasteiger partial charge on any atom is 0.490 e. The van der Waals surface area contributed by atoms with E-state index in [1.54, 1.807) is 37.3 Å². The molecule has 1 atom stereocenters. The Bertz CT molecular complexity index is 1470. The van der Waals surface area contributed by atoms with Gasteiger partial charge in [0.1, 0.15) is 0 Å². The minimum Gasteiger partial charge on any atom is -0.475 e. The fraction of sp³-hybridized carbons (Fsp3) is 0.394. The van der Waals surface area contributed by atoms with Crippen molar-refractivity contribution in [2.24, 2.45) is 11.5 Å². The van der Waals surface area contributed by atoms with Crippen LogP contribution in [0.2, 0.25) is 5.02 Å². The van der Waals surface area contributed by atoms with Gasteiger partial charge in [0.25, 0.3) is 0 Å². The number of aliphatic carboxylic acids is 1. The van der Waals surface area contributed by atoms with E-state index in [9.17, 15) is 18.0 Å². The molecule has 0 heterocycles. The summed E-state index contributed by atoms with van der Waals surface area (Å²) >= 11 is 6.68. The molecule has 0 radical (unpaired) electrons. The van der Waals surface area contributed by atoms with Crippen molar-refractivity contribution in [3.05, 3.63) is 88.2 Å². The van der Waals surface area contributed by atoms with Gasteiger partial charge in [-0.25, -0.2) is 9.18 Å². The lowest BCUT2D eigenvalue weighted by Crippen LogP contribution is -2.39. The van der Waals surface area contributed by atoms with Crippen LogP contribution >= 0.6 is 11.6 Å². The van der Waals surface area contributed by atoms with E-state index in [0.717, 1.165) is 36.8 Å². The van der Waals surface area contributed by atoms with Crippen LogP contribution in [0.25, 0.3) is 11.1 Å². The van der Waals surface area contributed by atoms with Crippen molar-refractivity contribution in [3.63, 3.8) is 0 Å². The summed E-state index contributed by atoms with van der Waals surface area (Å²) < 4.78 is 53.0. The largest absolute Gasteiger partial charge is 0.490 e. The maximum absolute atomic E-state index is 16.1. The number of nitrogens with one attached hydrogen (secondary N) is 1. The number of amides is 1. The summed E-state index contributed by atoms with van der Waals surface area (Å²) in [6, 6.07) is 19.7. The highest BCUT2D eigenvalue weighted by Crippen LogP contribution is 2.39. The van der Waals surface area contributed by atoms with Crippen molar-refractivity contribution in [1.29, 1.82) is 0 Å². The van der Waals surface area contributed by atoms with E-state index in [0.29, 0.717) is 42.0 Å². The van der Waals surface area contributed by atoms with Crippen LogP contribution < -0.4 is 21.7 Å². The molecule has 0 bridgehead atoms. The third-order valence-corrected chi connectivity index (χ3v) is 8.25. The van der Waals surface area contributed by atoms with Crippen LogP contribution in [0.1, 0.15) is 53.1 Å². The quantitative estimate of drug-likeness (QED) is 0.186. The van der Waals surface area contributed by atoms with Crippen LogP contribution in [0.4, 0.5) is 23.2 Å². The second kappa shape index (κ2) is 16.7. The van der Waals surface area contributed by atoms with Gasteiger partial charge in [0.05, 0.1) is 17.9 Å². The average Bonchev–Trinajstić information content (AvgIpc) is 3.01. The highest BCUT2D eigenvalue weighted by atomic mass is 35.5. The van der Waals surface area contributed by atoms with Gasteiger partial charge < -0.3 is 31.5 Å². The number of primary amides is 1. The first kappa shape index (κ1) is 36.8. The van der Waals surface area contributed by atoms with Crippen LogP contribution in [0, 0.1) is 5.82 Å². The van der Waals surface area contributed by atoms with Crippen molar-refractivity contribution in [3.8, 4) is 11.1 Å². The van der Waals surface area contributed by atoms with E-state index in [2.05, 4.69) is 17.4 Å². The second-order valence-electron chi connectivity index (χ2n) is 11.1. The zero-order chi connectivity index (χ0) is 34.0. The molecule has 1 aliphatic carbocycles. The average molecular weight is 667 g/mol. The number of nitrogens with two attached hydrogens (primary N) is 2. The highest BCUT2D eigenvalue weighted by molar-refractivity contribution is 6.33. The van der Waals surface area contributed by atoms with Crippen LogP contribution in [-0.4, -0.2) is 69.1 Å². The summed E-state index contributed by atoms with van der Waals surface area (Å²) in [6.07, 6.45) is -0.956. The van der Waals surface area contributed by atoms with Gasteiger partial charge in [-0.3, -0.25) is 4.79 Å². The Labute approximate surface area is 270 Å². The number of likely N-dealkylation sites (N-methyl/N-ethyl adjacent to an activating group) is 1. The number of hydrogen-bond acceptors (Lipinski definition) is 6. The third kappa shape index (κ3) is 9.89. The van der Waals surface area contributed by atoms with Gasteiger partial charge >= 0.3 is 12.1 Å². The molecular weight excluding hydrogens is 628 g/mol. The molecule has 46 heavy (non-hydrogen) atoms. The number of ether oxygens (including phenoxy) is 1. The van der Waals surface area contributed by atoms with Crippen molar-refractivity contribution in [1.82, 2.24) is 5.32 Å². The fourth-order valence-corrected chi connectivity index (χ4v) is 5.56. The normalized spacial score (nSPS) is 17.0. The number of nitrogens with zero attached hydrogens (tertiary/aromatic N) is 1. The van der Waals surface area contributed by atoms with Gasteiger partial charge in [-0.05, 0) is 61.1 Å². The van der Waals surface area contributed by atoms with Crippen molar-refractivity contribution in [2.75, 3.05) is 38.8 Å². The molecule has 3 aromatic rings. The number of carboxylic acid groups (broad SMARTS) is 1. The number of carbonyl (C=O) groups excluding carboxylic acids is 1.